The molecule has 0 aliphatic rings. The molecule has 0 aliphatic heterocycles. The Morgan fingerprint density at radius 2 is 1.80 bits per heavy atom. The van der Waals surface area contributed by atoms with Crippen LogP contribution in [0.5, 0.6) is 11.5 Å². The number of para-hydroxylation sites is 1. The van der Waals surface area contributed by atoms with Gasteiger partial charge >= 0.3 is 11.9 Å². The van der Waals surface area contributed by atoms with Crippen LogP contribution in [-0.4, -0.2) is 25.7 Å². The summed E-state index contributed by atoms with van der Waals surface area (Å²) in [6.45, 7) is 3.81. The van der Waals surface area contributed by atoms with E-state index in [4.69, 9.17) is 14.2 Å². The molecule has 0 unspecified atom stereocenters. The smallest absolute Gasteiger partial charge is 0.341 e. The molecule has 0 fully saturated rings. The fraction of sp³-hybridized carbons (Fsp3) is 0.217. The summed E-state index contributed by atoms with van der Waals surface area (Å²) < 4.78 is 15.8. The van der Waals surface area contributed by atoms with Gasteiger partial charge < -0.3 is 19.5 Å². The standard InChI is InChI=1S/C23H23NO5S/c1-4-28-23(26)21-19(16-9-11-18(27-3)12-10-16)14-30-22(21)24-13-17-7-5-6-8-20(17)29-15(2)25/h5-12,14,24H,4,13H2,1-3H3. The van der Waals surface area contributed by atoms with Crippen molar-refractivity contribution in [2.75, 3.05) is 19.0 Å². The number of methoxy groups -OCH3 is 1. The molecule has 6 nitrogen and oxygen atoms in total. The molecule has 0 saturated carbocycles. The molecule has 0 radical (unpaired) electrons. The number of benzene rings is 2. The largest absolute Gasteiger partial charge is 0.497 e. The molecule has 0 aliphatic carbocycles. The Kier molecular flexibility index (Phi) is 7.08. The first-order chi connectivity index (χ1) is 14.5. The van der Waals surface area contributed by atoms with Gasteiger partial charge in [0.25, 0.3) is 0 Å². The fourth-order valence-corrected chi connectivity index (χ4v) is 3.91. The summed E-state index contributed by atoms with van der Waals surface area (Å²) in [5.41, 5.74) is 2.97. The molecule has 3 rings (SSSR count). The van der Waals surface area contributed by atoms with Crippen molar-refractivity contribution >= 4 is 28.3 Å². The number of hydrogen-bond donors (Lipinski definition) is 1. The highest BCUT2D eigenvalue weighted by molar-refractivity contribution is 7.15. The number of anilines is 1. The van der Waals surface area contributed by atoms with Crippen LogP contribution in [0.2, 0.25) is 0 Å². The van der Waals surface area contributed by atoms with Crippen molar-refractivity contribution in [3.63, 3.8) is 0 Å². The Labute approximate surface area is 179 Å². The Balaban J connectivity index is 1.90. The lowest BCUT2D eigenvalue weighted by Crippen LogP contribution is -2.10. The molecule has 2 aromatic carbocycles. The number of nitrogens with one attached hydrogen (secondary N) is 1. The third-order valence-corrected chi connectivity index (χ3v) is 5.28. The van der Waals surface area contributed by atoms with Gasteiger partial charge in [0.05, 0.1) is 13.7 Å². The van der Waals surface area contributed by atoms with Gasteiger partial charge in [-0.2, -0.15) is 0 Å². The number of esters is 2. The summed E-state index contributed by atoms with van der Waals surface area (Å²) in [4.78, 5) is 24.1. The molecule has 156 valence electrons. The van der Waals surface area contributed by atoms with Crippen LogP contribution in [-0.2, 0) is 16.1 Å². The fourth-order valence-electron chi connectivity index (χ4n) is 2.96. The summed E-state index contributed by atoms with van der Waals surface area (Å²) >= 11 is 1.42. The number of ether oxygens (including phenoxy) is 3. The quantitative estimate of drug-likeness (QED) is 0.398. The van der Waals surface area contributed by atoms with E-state index in [1.807, 2.05) is 41.8 Å². The van der Waals surface area contributed by atoms with Gasteiger partial charge in [-0.25, -0.2) is 4.79 Å². The molecule has 1 heterocycles. The summed E-state index contributed by atoms with van der Waals surface area (Å²) in [6.07, 6.45) is 0. The predicted molar refractivity (Wildman–Crippen MR) is 117 cm³/mol. The van der Waals surface area contributed by atoms with E-state index in [1.54, 1.807) is 26.2 Å². The average molecular weight is 426 g/mol. The van der Waals surface area contributed by atoms with Crippen LogP contribution in [0.25, 0.3) is 11.1 Å². The normalized spacial score (nSPS) is 10.4. The van der Waals surface area contributed by atoms with Gasteiger partial charge in [0.15, 0.2) is 0 Å². The van der Waals surface area contributed by atoms with Crippen LogP contribution >= 0.6 is 11.3 Å². The maximum atomic E-state index is 12.7. The van der Waals surface area contributed by atoms with Crippen LogP contribution in [0.3, 0.4) is 0 Å². The van der Waals surface area contributed by atoms with Gasteiger partial charge in [-0.3, -0.25) is 4.79 Å². The van der Waals surface area contributed by atoms with E-state index in [0.29, 0.717) is 22.9 Å². The van der Waals surface area contributed by atoms with Gasteiger partial charge in [0, 0.05) is 30.0 Å². The van der Waals surface area contributed by atoms with Gasteiger partial charge in [-0.15, -0.1) is 11.3 Å². The highest BCUT2D eigenvalue weighted by Gasteiger charge is 2.22. The van der Waals surface area contributed by atoms with Crippen LogP contribution < -0.4 is 14.8 Å². The molecule has 30 heavy (non-hydrogen) atoms. The van der Waals surface area contributed by atoms with Gasteiger partial charge in [-0.05, 0) is 30.7 Å². The highest BCUT2D eigenvalue weighted by atomic mass is 32.1. The second kappa shape index (κ2) is 9.93. The van der Waals surface area contributed by atoms with Crippen LogP contribution in [0.1, 0.15) is 29.8 Å². The first-order valence-corrected chi connectivity index (χ1v) is 10.3. The highest BCUT2D eigenvalue weighted by Crippen LogP contribution is 2.37. The summed E-state index contributed by atoms with van der Waals surface area (Å²) in [5, 5.41) is 5.91. The summed E-state index contributed by atoms with van der Waals surface area (Å²) in [7, 11) is 1.61. The minimum absolute atomic E-state index is 0.283. The van der Waals surface area contributed by atoms with E-state index in [1.165, 1.54) is 18.3 Å². The van der Waals surface area contributed by atoms with Crippen molar-refractivity contribution in [2.45, 2.75) is 20.4 Å². The zero-order valence-corrected chi connectivity index (χ0v) is 17.9. The SMILES string of the molecule is CCOC(=O)c1c(-c2ccc(OC)cc2)csc1NCc1ccccc1OC(C)=O. The monoisotopic (exact) mass is 425 g/mol. The average Bonchev–Trinajstić information content (AvgIpc) is 3.17. The zero-order chi connectivity index (χ0) is 21.5. The molecule has 1 aromatic heterocycles. The van der Waals surface area contributed by atoms with E-state index in [9.17, 15) is 9.59 Å². The minimum Gasteiger partial charge on any atom is -0.497 e. The van der Waals surface area contributed by atoms with E-state index >= 15 is 0 Å². The van der Waals surface area contributed by atoms with E-state index < -0.39 is 0 Å². The maximum Gasteiger partial charge on any atom is 0.341 e. The molecule has 3 aromatic rings. The Hall–Kier alpha value is -3.32. The maximum absolute atomic E-state index is 12.7. The summed E-state index contributed by atoms with van der Waals surface area (Å²) in [5.74, 6) is 0.460. The molecule has 0 atom stereocenters. The molecular formula is C23H23NO5S. The number of carbonyl (C=O) groups is 2. The van der Waals surface area contributed by atoms with Crippen molar-refractivity contribution in [3.8, 4) is 22.6 Å². The van der Waals surface area contributed by atoms with Crippen molar-refractivity contribution in [3.05, 3.63) is 65.0 Å². The second-order valence-electron chi connectivity index (χ2n) is 6.36. The molecular weight excluding hydrogens is 402 g/mol. The summed E-state index contributed by atoms with van der Waals surface area (Å²) in [6, 6.07) is 14.8. The minimum atomic E-state index is -0.389. The van der Waals surface area contributed by atoms with Gasteiger partial charge in [0.1, 0.15) is 22.1 Å². The second-order valence-corrected chi connectivity index (χ2v) is 7.24. The first kappa shape index (κ1) is 21.4. The Morgan fingerprint density at radius 3 is 2.47 bits per heavy atom. The third-order valence-electron chi connectivity index (χ3n) is 4.34. The van der Waals surface area contributed by atoms with Crippen molar-refractivity contribution < 1.29 is 23.8 Å². The Bertz CT molecular complexity index is 1030. The first-order valence-electron chi connectivity index (χ1n) is 9.46. The van der Waals surface area contributed by atoms with Gasteiger partial charge in [0.2, 0.25) is 0 Å². The van der Waals surface area contributed by atoms with Gasteiger partial charge in [-0.1, -0.05) is 30.3 Å². The van der Waals surface area contributed by atoms with E-state index in [-0.39, 0.29) is 18.5 Å². The van der Waals surface area contributed by atoms with Crippen molar-refractivity contribution in [1.29, 1.82) is 0 Å². The number of rotatable bonds is 8. The number of hydrogen-bond acceptors (Lipinski definition) is 7. The molecule has 0 saturated heterocycles. The zero-order valence-electron chi connectivity index (χ0n) is 17.1. The predicted octanol–water partition coefficient (Wildman–Crippen LogP) is 5.14. The van der Waals surface area contributed by atoms with Crippen molar-refractivity contribution in [1.82, 2.24) is 0 Å². The molecule has 7 heteroatoms. The van der Waals surface area contributed by atoms with Crippen LogP contribution in [0.4, 0.5) is 5.00 Å². The van der Waals surface area contributed by atoms with Crippen LogP contribution in [0, 0.1) is 0 Å². The lowest BCUT2D eigenvalue weighted by atomic mass is 10.0. The van der Waals surface area contributed by atoms with E-state index in [2.05, 4.69) is 5.32 Å². The van der Waals surface area contributed by atoms with E-state index in [0.717, 1.165) is 22.4 Å². The number of thiophene rings is 1. The molecule has 0 amide bonds. The topological polar surface area (TPSA) is 73.9 Å². The lowest BCUT2D eigenvalue weighted by molar-refractivity contribution is -0.131. The van der Waals surface area contributed by atoms with Crippen molar-refractivity contribution in [2.24, 2.45) is 0 Å². The lowest BCUT2D eigenvalue weighted by Gasteiger charge is -2.12. The Morgan fingerprint density at radius 1 is 1.07 bits per heavy atom. The molecule has 1 N–H and O–H groups in total. The molecule has 0 bridgehead atoms. The third kappa shape index (κ3) is 4.99. The molecule has 0 spiro atoms. The number of carbonyl (C=O) groups excluding carboxylic acids is 2. The van der Waals surface area contributed by atoms with Crippen LogP contribution in [0.15, 0.2) is 53.9 Å².